The van der Waals surface area contributed by atoms with Crippen molar-refractivity contribution in [1.29, 1.82) is 0 Å². The van der Waals surface area contributed by atoms with E-state index in [1.54, 1.807) is 29.1 Å². The van der Waals surface area contributed by atoms with Crippen molar-refractivity contribution in [1.82, 2.24) is 9.78 Å². The molecule has 1 amide bonds. The van der Waals surface area contributed by atoms with Gasteiger partial charge in [0.15, 0.2) is 5.78 Å². The van der Waals surface area contributed by atoms with Crippen LogP contribution in [0.25, 0.3) is 11.1 Å². The Morgan fingerprint density at radius 2 is 1.81 bits per heavy atom. The largest absolute Gasteiger partial charge is 0.307 e. The van der Waals surface area contributed by atoms with Crippen molar-refractivity contribution in [2.24, 2.45) is 0 Å². The van der Waals surface area contributed by atoms with E-state index in [1.165, 1.54) is 0 Å². The molecule has 0 bridgehead atoms. The Labute approximate surface area is 151 Å². The summed E-state index contributed by atoms with van der Waals surface area (Å²) >= 11 is 0. The van der Waals surface area contributed by atoms with E-state index in [0.29, 0.717) is 22.5 Å². The quantitative estimate of drug-likeness (QED) is 0.591. The van der Waals surface area contributed by atoms with Crippen LogP contribution < -0.4 is 5.32 Å². The van der Waals surface area contributed by atoms with Crippen LogP contribution in [0.2, 0.25) is 0 Å². The fourth-order valence-corrected chi connectivity index (χ4v) is 3.28. The van der Waals surface area contributed by atoms with Gasteiger partial charge in [-0.1, -0.05) is 43.7 Å². The van der Waals surface area contributed by atoms with Crippen molar-refractivity contribution in [3.63, 3.8) is 0 Å². The smallest absolute Gasteiger partial charge is 0.256 e. The summed E-state index contributed by atoms with van der Waals surface area (Å²) in [6, 6.07) is 14.6. The lowest BCUT2D eigenvalue weighted by Crippen LogP contribution is -2.16. The fourth-order valence-electron chi connectivity index (χ4n) is 3.28. The molecule has 5 heteroatoms. The molecule has 1 aliphatic rings. The van der Waals surface area contributed by atoms with Gasteiger partial charge >= 0.3 is 0 Å². The maximum Gasteiger partial charge on any atom is 0.256 e. The molecule has 0 unspecified atom stereocenters. The van der Waals surface area contributed by atoms with Crippen LogP contribution in [0.3, 0.4) is 0 Å². The highest BCUT2D eigenvalue weighted by molar-refractivity contribution is 6.22. The molecule has 3 aromatic rings. The molecule has 4 rings (SSSR count). The van der Waals surface area contributed by atoms with E-state index >= 15 is 0 Å². The van der Waals surface area contributed by atoms with Gasteiger partial charge in [-0.05, 0) is 29.7 Å². The summed E-state index contributed by atoms with van der Waals surface area (Å²) in [5.74, 6) is 0.395. The van der Waals surface area contributed by atoms with Gasteiger partial charge in [0.2, 0.25) is 0 Å². The van der Waals surface area contributed by atoms with Gasteiger partial charge in [-0.15, -0.1) is 0 Å². The van der Waals surface area contributed by atoms with Crippen molar-refractivity contribution >= 4 is 17.5 Å². The lowest BCUT2D eigenvalue weighted by atomic mass is 10.0. The van der Waals surface area contributed by atoms with Crippen molar-refractivity contribution in [2.75, 3.05) is 5.32 Å². The van der Waals surface area contributed by atoms with E-state index in [9.17, 15) is 9.59 Å². The summed E-state index contributed by atoms with van der Waals surface area (Å²) in [6.07, 6.45) is 3.73. The number of anilines is 1. The Bertz CT molecular complexity index is 1000. The average Bonchev–Trinajstić information content (AvgIpc) is 3.23. The first kappa shape index (κ1) is 16.3. The second-order valence-electron chi connectivity index (χ2n) is 6.38. The number of nitrogens with one attached hydrogen (secondary N) is 1. The molecule has 26 heavy (non-hydrogen) atoms. The van der Waals surface area contributed by atoms with Crippen LogP contribution in [0, 0.1) is 0 Å². The number of carbonyl (C=O) groups excluding carboxylic acids is 2. The standard InChI is InChI=1S/C21H19N3O2/c1-2-3-12-24-19(10-11-22-24)23-21(26)14-8-9-16-15-6-4-5-7-17(15)20(25)18(16)13-14/h4-11,13H,2-3,12H2,1H3,(H,23,26). The summed E-state index contributed by atoms with van der Waals surface area (Å²) in [5.41, 5.74) is 3.55. The molecule has 0 spiro atoms. The van der Waals surface area contributed by atoms with Crippen molar-refractivity contribution in [3.05, 3.63) is 71.4 Å². The number of ketones is 1. The van der Waals surface area contributed by atoms with Gasteiger partial charge in [0.1, 0.15) is 5.82 Å². The maximum absolute atomic E-state index is 12.7. The van der Waals surface area contributed by atoms with Crippen molar-refractivity contribution < 1.29 is 9.59 Å². The van der Waals surface area contributed by atoms with E-state index in [-0.39, 0.29) is 11.7 Å². The lowest BCUT2D eigenvalue weighted by molar-refractivity contribution is 0.102. The van der Waals surface area contributed by atoms with Gasteiger partial charge in [0.25, 0.3) is 5.91 Å². The van der Waals surface area contributed by atoms with Gasteiger partial charge in [-0.3, -0.25) is 9.59 Å². The van der Waals surface area contributed by atoms with Crippen LogP contribution in [0.5, 0.6) is 0 Å². The van der Waals surface area contributed by atoms with E-state index in [1.807, 2.05) is 30.3 Å². The zero-order valence-electron chi connectivity index (χ0n) is 14.5. The molecule has 1 aliphatic carbocycles. The summed E-state index contributed by atoms with van der Waals surface area (Å²) in [6.45, 7) is 2.87. The topological polar surface area (TPSA) is 64.0 Å². The van der Waals surface area contributed by atoms with Crippen molar-refractivity contribution in [3.8, 4) is 11.1 Å². The SMILES string of the molecule is CCCCn1nccc1NC(=O)c1ccc2c(c1)C(=O)c1ccccc1-2. The second-order valence-corrected chi connectivity index (χ2v) is 6.38. The molecule has 0 saturated heterocycles. The van der Waals surface area contributed by atoms with Gasteiger partial charge in [-0.25, -0.2) is 4.68 Å². The minimum absolute atomic E-state index is 0.0294. The van der Waals surface area contributed by atoms with Gasteiger partial charge in [-0.2, -0.15) is 5.10 Å². The van der Waals surface area contributed by atoms with E-state index in [2.05, 4.69) is 17.3 Å². The average molecular weight is 345 g/mol. The van der Waals surface area contributed by atoms with Crippen LogP contribution in [0.15, 0.2) is 54.7 Å². The third-order valence-electron chi connectivity index (χ3n) is 4.67. The Morgan fingerprint density at radius 1 is 1.04 bits per heavy atom. The van der Waals surface area contributed by atoms with Crippen LogP contribution in [0.1, 0.15) is 46.0 Å². The summed E-state index contributed by atoms with van der Waals surface area (Å²) < 4.78 is 1.79. The number of hydrogen-bond acceptors (Lipinski definition) is 3. The van der Waals surface area contributed by atoms with Gasteiger partial charge in [0, 0.05) is 29.3 Å². The van der Waals surface area contributed by atoms with E-state index in [4.69, 9.17) is 0 Å². The highest BCUT2D eigenvalue weighted by Crippen LogP contribution is 2.36. The summed E-state index contributed by atoms with van der Waals surface area (Å²) in [7, 11) is 0. The third-order valence-corrected chi connectivity index (χ3v) is 4.67. The number of unbranched alkanes of at least 4 members (excludes halogenated alkanes) is 1. The molecule has 5 nitrogen and oxygen atoms in total. The third kappa shape index (κ3) is 2.71. The summed E-state index contributed by atoms with van der Waals surface area (Å²) in [5, 5.41) is 7.14. The first-order valence-corrected chi connectivity index (χ1v) is 8.80. The zero-order valence-corrected chi connectivity index (χ0v) is 14.5. The van der Waals surface area contributed by atoms with Gasteiger partial charge < -0.3 is 5.32 Å². The number of aromatic nitrogens is 2. The number of fused-ring (bicyclic) bond motifs is 3. The monoisotopic (exact) mass is 345 g/mol. The van der Waals surface area contributed by atoms with Crippen LogP contribution in [-0.4, -0.2) is 21.5 Å². The number of amides is 1. The first-order chi connectivity index (χ1) is 12.7. The molecule has 1 heterocycles. The molecular formula is C21H19N3O2. The molecule has 2 aromatic carbocycles. The first-order valence-electron chi connectivity index (χ1n) is 8.80. The Balaban J connectivity index is 1.60. The maximum atomic E-state index is 12.7. The number of benzene rings is 2. The van der Waals surface area contributed by atoms with E-state index in [0.717, 1.165) is 30.5 Å². The minimum Gasteiger partial charge on any atom is -0.307 e. The molecule has 0 aliphatic heterocycles. The molecule has 0 radical (unpaired) electrons. The zero-order chi connectivity index (χ0) is 18.1. The van der Waals surface area contributed by atoms with Crippen LogP contribution >= 0.6 is 0 Å². The Kier molecular flexibility index (Phi) is 4.13. The predicted molar refractivity (Wildman–Crippen MR) is 100 cm³/mol. The Hall–Kier alpha value is -3.21. The normalized spacial score (nSPS) is 12.0. The van der Waals surface area contributed by atoms with E-state index < -0.39 is 0 Å². The number of hydrogen-bond donors (Lipinski definition) is 1. The highest BCUT2D eigenvalue weighted by Gasteiger charge is 2.27. The number of aryl methyl sites for hydroxylation is 1. The number of carbonyl (C=O) groups is 2. The predicted octanol–water partition coefficient (Wildman–Crippen LogP) is 4.15. The molecular weight excluding hydrogens is 326 g/mol. The molecule has 1 N–H and O–H groups in total. The second kappa shape index (κ2) is 6.59. The van der Waals surface area contributed by atoms with Crippen LogP contribution in [-0.2, 0) is 6.54 Å². The molecule has 130 valence electrons. The highest BCUT2D eigenvalue weighted by atomic mass is 16.1. The fraction of sp³-hybridized carbons (Fsp3) is 0.190. The Morgan fingerprint density at radius 3 is 2.62 bits per heavy atom. The molecule has 0 saturated carbocycles. The lowest BCUT2D eigenvalue weighted by Gasteiger charge is -2.09. The van der Waals surface area contributed by atoms with Crippen LogP contribution in [0.4, 0.5) is 5.82 Å². The van der Waals surface area contributed by atoms with Gasteiger partial charge in [0.05, 0.1) is 6.20 Å². The number of nitrogens with zero attached hydrogens (tertiary/aromatic N) is 2. The van der Waals surface area contributed by atoms with Crippen molar-refractivity contribution in [2.45, 2.75) is 26.3 Å². The minimum atomic E-state index is -0.241. The number of rotatable bonds is 5. The molecule has 1 aromatic heterocycles. The molecule has 0 atom stereocenters. The summed E-state index contributed by atoms with van der Waals surface area (Å²) in [4.78, 5) is 25.3. The molecule has 0 fully saturated rings.